The number of aliphatic hydroxyl groups is 1. The van der Waals surface area contributed by atoms with Crippen molar-refractivity contribution >= 4 is 5.97 Å². The SMILES string of the molecule is Cc1cc(CC(C)(O)C(=O)O)n(C)n1. The lowest BCUT2D eigenvalue weighted by Crippen LogP contribution is -2.37. The number of hydrogen-bond acceptors (Lipinski definition) is 3. The van der Waals surface area contributed by atoms with Crippen LogP contribution >= 0.6 is 0 Å². The van der Waals surface area contributed by atoms with Gasteiger partial charge in [-0.2, -0.15) is 5.10 Å². The van der Waals surface area contributed by atoms with E-state index in [-0.39, 0.29) is 6.42 Å². The van der Waals surface area contributed by atoms with Crippen molar-refractivity contribution in [3.8, 4) is 0 Å². The van der Waals surface area contributed by atoms with Gasteiger partial charge in [0.15, 0.2) is 5.60 Å². The first-order chi connectivity index (χ1) is 6.33. The number of carboxylic acids is 1. The quantitative estimate of drug-likeness (QED) is 0.722. The van der Waals surface area contributed by atoms with Gasteiger partial charge in [-0.25, -0.2) is 4.79 Å². The van der Waals surface area contributed by atoms with E-state index in [1.54, 1.807) is 17.8 Å². The van der Waals surface area contributed by atoms with Crippen LogP contribution in [0.5, 0.6) is 0 Å². The van der Waals surface area contributed by atoms with Gasteiger partial charge in [0, 0.05) is 19.2 Å². The van der Waals surface area contributed by atoms with Crippen molar-refractivity contribution in [2.75, 3.05) is 0 Å². The number of aliphatic carboxylic acids is 1. The van der Waals surface area contributed by atoms with E-state index in [2.05, 4.69) is 5.10 Å². The molecule has 1 heterocycles. The third-order valence-electron chi connectivity index (χ3n) is 2.08. The maximum atomic E-state index is 10.7. The van der Waals surface area contributed by atoms with Crippen LogP contribution in [0.3, 0.4) is 0 Å². The number of carbonyl (C=O) groups is 1. The summed E-state index contributed by atoms with van der Waals surface area (Å²) in [5.74, 6) is -1.23. The maximum Gasteiger partial charge on any atom is 0.335 e. The van der Waals surface area contributed by atoms with Crippen LogP contribution in [-0.2, 0) is 18.3 Å². The van der Waals surface area contributed by atoms with Crippen LogP contribution in [0.25, 0.3) is 0 Å². The first-order valence-electron chi connectivity index (χ1n) is 4.28. The summed E-state index contributed by atoms with van der Waals surface area (Å²) in [7, 11) is 1.72. The first kappa shape index (κ1) is 10.7. The smallest absolute Gasteiger partial charge is 0.335 e. The van der Waals surface area contributed by atoms with Crippen molar-refractivity contribution in [2.45, 2.75) is 25.9 Å². The van der Waals surface area contributed by atoms with Crippen molar-refractivity contribution in [3.05, 3.63) is 17.5 Å². The Morgan fingerprint density at radius 1 is 1.71 bits per heavy atom. The number of aryl methyl sites for hydroxylation is 2. The van der Waals surface area contributed by atoms with E-state index >= 15 is 0 Å². The molecule has 0 fully saturated rings. The molecule has 0 aliphatic carbocycles. The molecule has 0 bridgehead atoms. The highest BCUT2D eigenvalue weighted by molar-refractivity contribution is 5.76. The fraction of sp³-hybridized carbons (Fsp3) is 0.556. The molecule has 0 saturated heterocycles. The monoisotopic (exact) mass is 198 g/mol. The molecule has 14 heavy (non-hydrogen) atoms. The lowest BCUT2D eigenvalue weighted by molar-refractivity contribution is -0.156. The molecule has 1 atom stereocenters. The molecule has 0 radical (unpaired) electrons. The van der Waals surface area contributed by atoms with E-state index in [1.165, 1.54) is 6.92 Å². The Bertz CT molecular complexity index is 355. The van der Waals surface area contributed by atoms with Crippen molar-refractivity contribution in [2.24, 2.45) is 7.05 Å². The molecular formula is C9H14N2O3. The van der Waals surface area contributed by atoms with Gasteiger partial charge in [0.2, 0.25) is 0 Å². The zero-order valence-corrected chi connectivity index (χ0v) is 8.48. The van der Waals surface area contributed by atoms with Crippen molar-refractivity contribution in [1.82, 2.24) is 9.78 Å². The minimum atomic E-state index is -1.74. The highest BCUT2D eigenvalue weighted by atomic mass is 16.4. The van der Waals surface area contributed by atoms with Crippen LogP contribution in [0.15, 0.2) is 6.07 Å². The van der Waals surface area contributed by atoms with Crippen LogP contribution in [0, 0.1) is 6.92 Å². The fourth-order valence-corrected chi connectivity index (χ4v) is 1.26. The molecule has 0 saturated carbocycles. The van der Waals surface area contributed by atoms with Crippen LogP contribution < -0.4 is 0 Å². The van der Waals surface area contributed by atoms with Gasteiger partial charge in [-0.1, -0.05) is 0 Å². The molecule has 1 aromatic rings. The van der Waals surface area contributed by atoms with E-state index in [0.29, 0.717) is 5.69 Å². The third kappa shape index (κ3) is 2.11. The topological polar surface area (TPSA) is 75.3 Å². The number of hydrogen-bond donors (Lipinski definition) is 2. The van der Waals surface area contributed by atoms with Gasteiger partial charge in [0.05, 0.1) is 5.69 Å². The summed E-state index contributed by atoms with van der Waals surface area (Å²) in [6.45, 7) is 3.09. The standard InChI is InChI=1S/C9H14N2O3/c1-6-4-7(11(3)10-6)5-9(2,14)8(12)13/h4,14H,5H2,1-3H3,(H,12,13). The average molecular weight is 198 g/mol. The van der Waals surface area contributed by atoms with E-state index in [9.17, 15) is 9.90 Å². The summed E-state index contributed by atoms with van der Waals surface area (Å²) in [6, 6.07) is 1.76. The van der Waals surface area contributed by atoms with Crippen LogP contribution in [0.1, 0.15) is 18.3 Å². The third-order valence-corrected chi connectivity index (χ3v) is 2.08. The first-order valence-corrected chi connectivity index (χ1v) is 4.28. The molecular weight excluding hydrogens is 184 g/mol. The number of nitrogens with zero attached hydrogens (tertiary/aromatic N) is 2. The Balaban J connectivity index is 2.88. The molecule has 0 aliphatic heterocycles. The van der Waals surface area contributed by atoms with Crippen LogP contribution in [-0.4, -0.2) is 31.6 Å². The van der Waals surface area contributed by atoms with Crippen LogP contribution in [0.2, 0.25) is 0 Å². The predicted octanol–water partition coefficient (Wildman–Crippen LogP) is 0.107. The number of rotatable bonds is 3. The maximum absolute atomic E-state index is 10.7. The normalized spacial score (nSPS) is 15.1. The molecule has 1 unspecified atom stereocenters. The summed E-state index contributed by atoms with van der Waals surface area (Å²) in [5.41, 5.74) is -0.223. The Hall–Kier alpha value is -1.36. The Kier molecular flexibility index (Phi) is 2.62. The minimum absolute atomic E-state index is 0.0552. The minimum Gasteiger partial charge on any atom is -0.479 e. The summed E-state index contributed by atoms with van der Waals surface area (Å²) in [5, 5.41) is 22.3. The number of carboxylic acid groups (broad SMARTS) is 1. The van der Waals surface area contributed by atoms with E-state index in [0.717, 1.165) is 5.69 Å². The van der Waals surface area contributed by atoms with Gasteiger partial charge in [0.1, 0.15) is 0 Å². The summed E-state index contributed by atoms with van der Waals surface area (Å²) in [4.78, 5) is 10.7. The zero-order chi connectivity index (χ0) is 10.9. The highest BCUT2D eigenvalue weighted by Crippen LogP contribution is 2.13. The Morgan fingerprint density at radius 3 is 2.64 bits per heavy atom. The lowest BCUT2D eigenvalue weighted by atomic mass is 10.0. The van der Waals surface area contributed by atoms with Gasteiger partial charge in [-0.15, -0.1) is 0 Å². The molecule has 0 spiro atoms. The van der Waals surface area contributed by atoms with Crippen LogP contribution in [0.4, 0.5) is 0 Å². The van der Waals surface area contributed by atoms with Crippen molar-refractivity contribution in [3.63, 3.8) is 0 Å². The second kappa shape index (κ2) is 3.42. The molecule has 0 aliphatic rings. The van der Waals surface area contributed by atoms with Gasteiger partial charge in [-0.3, -0.25) is 4.68 Å². The molecule has 5 heteroatoms. The van der Waals surface area contributed by atoms with Gasteiger partial charge >= 0.3 is 5.97 Å². The number of aromatic nitrogens is 2. The molecule has 1 aromatic heterocycles. The van der Waals surface area contributed by atoms with Gasteiger partial charge in [0.25, 0.3) is 0 Å². The van der Waals surface area contributed by atoms with E-state index < -0.39 is 11.6 Å². The summed E-state index contributed by atoms with van der Waals surface area (Å²) >= 11 is 0. The zero-order valence-electron chi connectivity index (χ0n) is 8.48. The second-order valence-corrected chi connectivity index (χ2v) is 3.66. The molecule has 1 rings (SSSR count). The largest absolute Gasteiger partial charge is 0.479 e. The summed E-state index contributed by atoms with van der Waals surface area (Å²) in [6.07, 6.45) is 0.0552. The highest BCUT2D eigenvalue weighted by Gasteiger charge is 2.31. The van der Waals surface area contributed by atoms with Gasteiger partial charge in [-0.05, 0) is 19.9 Å². The fourth-order valence-electron chi connectivity index (χ4n) is 1.26. The van der Waals surface area contributed by atoms with Gasteiger partial charge < -0.3 is 10.2 Å². The molecule has 0 aromatic carbocycles. The lowest BCUT2D eigenvalue weighted by Gasteiger charge is -2.17. The van der Waals surface area contributed by atoms with E-state index in [1.807, 2.05) is 6.92 Å². The molecule has 0 amide bonds. The molecule has 78 valence electrons. The van der Waals surface area contributed by atoms with Crippen molar-refractivity contribution in [1.29, 1.82) is 0 Å². The molecule has 2 N–H and O–H groups in total. The Labute approximate surface area is 82.0 Å². The second-order valence-electron chi connectivity index (χ2n) is 3.66. The summed E-state index contributed by atoms with van der Waals surface area (Å²) < 4.78 is 1.58. The Morgan fingerprint density at radius 2 is 2.29 bits per heavy atom. The molecule has 5 nitrogen and oxygen atoms in total. The predicted molar refractivity (Wildman–Crippen MR) is 49.9 cm³/mol. The van der Waals surface area contributed by atoms with Crippen molar-refractivity contribution < 1.29 is 15.0 Å². The van der Waals surface area contributed by atoms with E-state index in [4.69, 9.17) is 5.11 Å². The average Bonchev–Trinajstić information content (AvgIpc) is 2.29.